The summed E-state index contributed by atoms with van der Waals surface area (Å²) in [5.41, 5.74) is 0. The van der Waals surface area contributed by atoms with Crippen LogP contribution >= 0.6 is 11.3 Å². The molecular weight excluding hydrogens is 404 g/mol. The molecule has 1 aromatic heterocycles. The van der Waals surface area contributed by atoms with Crippen molar-refractivity contribution >= 4 is 29.2 Å². The second kappa shape index (κ2) is 10.3. The van der Waals surface area contributed by atoms with E-state index >= 15 is 0 Å². The average Bonchev–Trinajstić information content (AvgIpc) is 3.31. The predicted molar refractivity (Wildman–Crippen MR) is 115 cm³/mol. The molecule has 9 heteroatoms. The molecule has 0 spiro atoms. The van der Waals surface area contributed by atoms with E-state index in [0.29, 0.717) is 39.2 Å². The van der Waals surface area contributed by atoms with Crippen LogP contribution in [0, 0.1) is 5.92 Å². The molecule has 2 aliphatic rings. The zero-order chi connectivity index (χ0) is 21.7. The summed E-state index contributed by atoms with van der Waals surface area (Å²) < 4.78 is 5.14. The maximum Gasteiger partial charge on any atom is 0.321 e. The van der Waals surface area contributed by atoms with Crippen molar-refractivity contribution in [3.05, 3.63) is 22.4 Å². The van der Waals surface area contributed by atoms with Crippen molar-refractivity contribution in [2.24, 2.45) is 5.92 Å². The Bertz CT molecular complexity index is 739. The number of carbonyl (C=O) groups excluding carboxylic acids is 3. The first-order chi connectivity index (χ1) is 14.4. The first-order valence-corrected chi connectivity index (χ1v) is 11.4. The van der Waals surface area contributed by atoms with E-state index in [1.165, 1.54) is 4.88 Å². The van der Waals surface area contributed by atoms with Crippen LogP contribution in [-0.2, 0) is 20.7 Å². The monoisotopic (exact) mass is 436 g/mol. The summed E-state index contributed by atoms with van der Waals surface area (Å²) in [6.07, 6.45) is 1.40. The molecule has 8 nitrogen and oxygen atoms in total. The summed E-state index contributed by atoms with van der Waals surface area (Å²) in [5, 5.41) is 4.91. The van der Waals surface area contributed by atoms with Gasteiger partial charge in [0, 0.05) is 38.2 Å². The summed E-state index contributed by atoms with van der Waals surface area (Å²) in [7, 11) is 1.62. The van der Waals surface area contributed by atoms with Crippen LogP contribution in [0.2, 0.25) is 0 Å². The number of thiophene rings is 1. The van der Waals surface area contributed by atoms with E-state index < -0.39 is 6.04 Å². The number of methoxy groups -OCH3 is 1. The van der Waals surface area contributed by atoms with E-state index in [1.807, 2.05) is 17.5 Å². The molecule has 0 aliphatic carbocycles. The summed E-state index contributed by atoms with van der Waals surface area (Å²) in [6, 6.07) is 3.26. The number of urea groups is 1. The van der Waals surface area contributed by atoms with E-state index in [4.69, 9.17) is 4.74 Å². The van der Waals surface area contributed by atoms with Crippen molar-refractivity contribution in [2.45, 2.75) is 38.8 Å². The number of nitrogens with zero attached hydrogens (tertiary/aromatic N) is 3. The Morgan fingerprint density at radius 3 is 2.73 bits per heavy atom. The van der Waals surface area contributed by atoms with Gasteiger partial charge in [0.15, 0.2) is 0 Å². The number of ether oxygens (including phenoxy) is 1. The van der Waals surface area contributed by atoms with Crippen LogP contribution in [0.1, 0.15) is 25.1 Å². The molecule has 0 saturated carbocycles. The Hall–Kier alpha value is -2.13. The van der Waals surface area contributed by atoms with Crippen molar-refractivity contribution in [1.82, 2.24) is 20.0 Å². The fraction of sp³-hybridized carbons (Fsp3) is 0.667. The summed E-state index contributed by atoms with van der Waals surface area (Å²) in [4.78, 5) is 44.8. The van der Waals surface area contributed by atoms with Gasteiger partial charge in [0.05, 0.1) is 12.6 Å². The molecule has 2 fully saturated rings. The minimum absolute atomic E-state index is 0.0207. The van der Waals surface area contributed by atoms with E-state index in [-0.39, 0.29) is 36.3 Å². The Morgan fingerprint density at radius 2 is 2.07 bits per heavy atom. The average molecular weight is 437 g/mol. The minimum atomic E-state index is -0.472. The number of hydrogen-bond acceptors (Lipinski definition) is 5. The Kier molecular flexibility index (Phi) is 7.71. The van der Waals surface area contributed by atoms with Crippen molar-refractivity contribution in [2.75, 3.05) is 46.4 Å². The van der Waals surface area contributed by atoms with Crippen LogP contribution < -0.4 is 5.32 Å². The minimum Gasteiger partial charge on any atom is -0.383 e. The Balaban J connectivity index is 1.60. The number of nitrogens with one attached hydrogen (secondary N) is 1. The third-order valence-electron chi connectivity index (χ3n) is 5.55. The van der Waals surface area contributed by atoms with Gasteiger partial charge in [0.2, 0.25) is 11.8 Å². The predicted octanol–water partition coefficient (Wildman–Crippen LogP) is 1.42. The number of hydrogen-bond donors (Lipinski definition) is 1. The lowest BCUT2D eigenvalue weighted by molar-refractivity contribution is -0.143. The molecule has 4 amide bonds. The van der Waals surface area contributed by atoms with E-state index in [0.717, 1.165) is 6.42 Å². The molecular formula is C21H32N4O4S. The number of fused-ring (bicyclic) bond motifs is 1. The van der Waals surface area contributed by atoms with Gasteiger partial charge >= 0.3 is 6.03 Å². The third kappa shape index (κ3) is 5.31. The smallest absolute Gasteiger partial charge is 0.321 e. The molecule has 0 unspecified atom stereocenters. The molecule has 1 N–H and O–H groups in total. The zero-order valence-corrected chi connectivity index (χ0v) is 18.8. The highest BCUT2D eigenvalue weighted by molar-refractivity contribution is 7.09. The van der Waals surface area contributed by atoms with Crippen molar-refractivity contribution in [3.8, 4) is 0 Å². The van der Waals surface area contributed by atoms with E-state index in [9.17, 15) is 14.4 Å². The fourth-order valence-corrected chi connectivity index (χ4v) is 4.86. The second-order valence-corrected chi connectivity index (χ2v) is 9.36. The zero-order valence-electron chi connectivity index (χ0n) is 18.0. The van der Waals surface area contributed by atoms with Gasteiger partial charge in [-0.15, -0.1) is 11.3 Å². The highest BCUT2D eigenvalue weighted by Crippen LogP contribution is 2.29. The van der Waals surface area contributed by atoms with Gasteiger partial charge < -0.3 is 24.8 Å². The summed E-state index contributed by atoms with van der Waals surface area (Å²) in [6.45, 7) is 6.61. The van der Waals surface area contributed by atoms with Crippen LogP contribution in [0.15, 0.2) is 17.5 Å². The summed E-state index contributed by atoms with van der Waals surface area (Å²) in [5.74, 6) is 0.0969. The lowest BCUT2D eigenvalue weighted by Crippen LogP contribution is -2.61. The molecule has 1 aromatic rings. The highest BCUT2D eigenvalue weighted by atomic mass is 32.1. The Morgan fingerprint density at radius 1 is 1.30 bits per heavy atom. The maximum absolute atomic E-state index is 13.1. The van der Waals surface area contributed by atoms with Gasteiger partial charge in [0.25, 0.3) is 0 Å². The first kappa shape index (κ1) is 22.6. The van der Waals surface area contributed by atoms with Gasteiger partial charge in [-0.3, -0.25) is 9.59 Å². The molecule has 2 aliphatic heterocycles. The van der Waals surface area contributed by atoms with Crippen LogP contribution in [0.4, 0.5) is 4.79 Å². The molecule has 3 rings (SSSR count). The van der Waals surface area contributed by atoms with Gasteiger partial charge in [-0.05, 0) is 30.2 Å². The molecule has 2 atom stereocenters. The number of rotatable bonds is 10. The number of carbonyl (C=O) groups is 3. The lowest BCUT2D eigenvalue weighted by Gasteiger charge is -2.42. The van der Waals surface area contributed by atoms with Crippen LogP contribution in [-0.4, -0.2) is 91.1 Å². The lowest BCUT2D eigenvalue weighted by atomic mass is 9.97. The first-order valence-electron chi connectivity index (χ1n) is 10.5. The topological polar surface area (TPSA) is 82.2 Å². The largest absolute Gasteiger partial charge is 0.383 e. The van der Waals surface area contributed by atoms with Crippen LogP contribution in [0.5, 0.6) is 0 Å². The molecule has 0 aromatic carbocycles. The van der Waals surface area contributed by atoms with Crippen LogP contribution in [0.3, 0.4) is 0 Å². The quantitative estimate of drug-likeness (QED) is 0.601. The second-order valence-electron chi connectivity index (χ2n) is 8.33. The molecule has 0 radical (unpaired) electrons. The van der Waals surface area contributed by atoms with Gasteiger partial charge in [0.1, 0.15) is 12.6 Å². The SMILES string of the molecule is COCCN1C[C@@H]2CN(CC(=O)NCCc3cccs3)C(=O)N2[C@@H](CC(C)C)C1=O. The van der Waals surface area contributed by atoms with Crippen molar-refractivity contribution in [1.29, 1.82) is 0 Å². The third-order valence-corrected chi connectivity index (χ3v) is 6.48. The standard InChI is InChI=1S/C21H32N4O4S/c1-15(2)11-18-20(27)23(8-9-29-3)12-16-13-24(21(28)25(16)18)14-19(26)22-7-6-17-5-4-10-30-17/h4-5,10,15-16,18H,6-9,11-14H2,1-3H3,(H,22,26)/t16-,18+/m1/s1. The maximum atomic E-state index is 13.1. The fourth-order valence-electron chi connectivity index (χ4n) is 4.15. The van der Waals surface area contributed by atoms with Gasteiger partial charge in [-0.2, -0.15) is 0 Å². The number of amides is 4. The Labute approximate surface area is 182 Å². The molecule has 2 saturated heterocycles. The normalized spacial score (nSPS) is 21.5. The van der Waals surface area contributed by atoms with Crippen LogP contribution in [0.25, 0.3) is 0 Å². The van der Waals surface area contributed by atoms with Crippen molar-refractivity contribution in [3.63, 3.8) is 0 Å². The summed E-state index contributed by atoms with van der Waals surface area (Å²) >= 11 is 1.66. The number of piperazine rings is 1. The van der Waals surface area contributed by atoms with Crippen molar-refractivity contribution < 1.29 is 19.1 Å². The van der Waals surface area contributed by atoms with Gasteiger partial charge in [-0.1, -0.05) is 19.9 Å². The van der Waals surface area contributed by atoms with E-state index in [2.05, 4.69) is 19.2 Å². The molecule has 3 heterocycles. The molecule has 30 heavy (non-hydrogen) atoms. The van der Waals surface area contributed by atoms with Gasteiger partial charge in [-0.25, -0.2) is 4.79 Å². The molecule has 166 valence electrons. The highest BCUT2D eigenvalue weighted by Gasteiger charge is 2.49. The van der Waals surface area contributed by atoms with E-state index in [1.54, 1.807) is 33.1 Å². The molecule has 0 bridgehead atoms.